The van der Waals surface area contributed by atoms with Gasteiger partial charge in [-0.3, -0.25) is 9.59 Å². The molecular formula is C26H30N2O7. The molecule has 0 aromatic heterocycles. The number of fused-ring (bicyclic) bond motifs is 3. The summed E-state index contributed by atoms with van der Waals surface area (Å²) < 4.78 is 10.0. The third-order valence-electron chi connectivity index (χ3n) is 6.17. The molecule has 3 rings (SSSR count). The van der Waals surface area contributed by atoms with Crippen LogP contribution in [0.1, 0.15) is 50.2 Å². The maximum absolute atomic E-state index is 13.0. The average Bonchev–Trinajstić information content (AvgIpc) is 3.15. The number of alkyl carbamates (subject to hydrolysis) is 1. The maximum Gasteiger partial charge on any atom is 0.408 e. The van der Waals surface area contributed by atoms with E-state index in [1.165, 1.54) is 6.92 Å². The Morgan fingerprint density at radius 1 is 1.03 bits per heavy atom. The summed E-state index contributed by atoms with van der Waals surface area (Å²) >= 11 is 0. The van der Waals surface area contributed by atoms with Gasteiger partial charge in [0, 0.05) is 5.92 Å². The molecule has 1 aliphatic carbocycles. The largest absolute Gasteiger partial charge is 0.480 e. The molecule has 2 amide bonds. The number of aliphatic carboxylic acids is 1. The number of nitrogens with one attached hydrogen (secondary N) is 2. The van der Waals surface area contributed by atoms with E-state index < -0.39 is 41.9 Å². The Kier molecular flexibility index (Phi) is 8.11. The van der Waals surface area contributed by atoms with E-state index in [1.807, 2.05) is 55.5 Å². The molecule has 0 radical (unpaired) electrons. The quantitative estimate of drug-likeness (QED) is 0.443. The smallest absolute Gasteiger partial charge is 0.408 e. The normalized spacial score (nSPS) is 14.6. The van der Waals surface area contributed by atoms with Crippen molar-refractivity contribution in [3.05, 3.63) is 59.7 Å². The molecule has 35 heavy (non-hydrogen) atoms. The Labute approximate surface area is 203 Å². The van der Waals surface area contributed by atoms with E-state index in [-0.39, 0.29) is 18.9 Å². The zero-order valence-electron chi connectivity index (χ0n) is 20.0. The molecule has 0 bridgehead atoms. The number of esters is 1. The minimum atomic E-state index is -1.49. The first-order valence-corrected chi connectivity index (χ1v) is 11.4. The molecule has 0 aliphatic heterocycles. The van der Waals surface area contributed by atoms with Gasteiger partial charge in [-0.25, -0.2) is 9.59 Å². The lowest BCUT2D eigenvalue weighted by Crippen LogP contribution is -2.59. The van der Waals surface area contributed by atoms with Crippen LogP contribution in [0.25, 0.3) is 11.1 Å². The highest BCUT2D eigenvalue weighted by Gasteiger charge is 2.38. The molecule has 0 spiro atoms. The van der Waals surface area contributed by atoms with Crippen molar-refractivity contribution in [3.8, 4) is 11.1 Å². The molecule has 2 aromatic carbocycles. The van der Waals surface area contributed by atoms with E-state index >= 15 is 0 Å². The average molecular weight is 483 g/mol. The third kappa shape index (κ3) is 5.79. The standard InChI is InChI=1S/C26H30N2O7/c1-4-13-26(2,24(32)27-21(23(30)31)14-22(29)34-3)28-25(33)35-15-20-18-11-7-5-9-16(18)17-10-6-8-12-19(17)20/h5-12,20-21H,4,13-15H2,1-3H3,(H,27,32)(H,28,33)(H,30,31)/t21-,26?/m1/s1. The second kappa shape index (κ2) is 11.0. The molecule has 3 N–H and O–H groups in total. The Hall–Kier alpha value is -3.88. The fraction of sp³-hybridized carbons (Fsp3) is 0.385. The highest BCUT2D eigenvalue weighted by molar-refractivity contribution is 5.93. The molecule has 0 saturated heterocycles. The van der Waals surface area contributed by atoms with Crippen molar-refractivity contribution in [2.24, 2.45) is 0 Å². The predicted molar refractivity (Wildman–Crippen MR) is 128 cm³/mol. The number of hydrogen-bond donors (Lipinski definition) is 3. The van der Waals surface area contributed by atoms with Crippen LogP contribution in [-0.2, 0) is 23.9 Å². The predicted octanol–water partition coefficient (Wildman–Crippen LogP) is 3.22. The molecule has 9 nitrogen and oxygen atoms in total. The maximum atomic E-state index is 13.0. The van der Waals surface area contributed by atoms with Crippen molar-refractivity contribution in [1.82, 2.24) is 10.6 Å². The molecule has 0 fully saturated rings. The number of carbonyl (C=O) groups is 4. The van der Waals surface area contributed by atoms with Crippen molar-refractivity contribution in [2.45, 2.75) is 50.6 Å². The SMILES string of the molecule is CCCC(C)(NC(=O)OCC1c2ccccc2-c2ccccc21)C(=O)N[C@H](CC(=O)OC)C(=O)O. The second-order valence-corrected chi connectivity index (χ2v) is 8.68. The van der Waals surface area contributed by atoms with Gasteiger partial charge in [0.05, 0.1) is 13.5 Å². The summed E-state index contributed by atoms with van der Waals surface area (Å²) in [4.78, 5) is 48.8. The summed E-state index contributed by atoms with van der Waals surface area (Å²) in [6.45, 7) is 3.39. The summed E-state index contributed by atoms with van der Waals surface area (Å²) in [6.07, 6.45) is -0.571. The zero-order chi connectivity index (χ0) is 25.6. The Bertz CT molecular complexity index is 1070. The Morgan fingerprint density at radius 2 is 1.60 bits per heavy atom. The van der Waals surface area contributed by atoms with E-state index in [0.29, 0.717) is 6.42 Å². The zero-order valence-corrected chi connectivity index (χ0v) is 20.0. The lowest BCUT2D eigenvalue weighted by atomic mass is 9.94. The van der Waals surface area contributed by atoms with Gasteiger partial charge < -0.3 is 25.2 Å². The van der Waals surface area contributed by atoms with E-state index in [2.05, 4.69) is 15.4 Å². The van der Waals surface area contributed by atoms with Crippen LogP contribution in [0.2, 0.25) is 0 Å². The van der Waals surface area contributed by atoms with Crippen LogP contribution >= 0.6 is 0 Å². The first kappa shape index (κ1) is 25.7. The van der Waals surface area contributed by atoms with E-state index in [0.717, 1.165) is 29.4 Å². The fourth-order valence-corrected chi connectivity index (χ4v) is 4.36. The van der Waals surface area contributed by atoms with Crippen LogP contribution in [0.3, 0.4) is 0 Å². The van der Waals surface area contributed by atoms with E-state index in [4.69, 9.17) is 4.74 Å². The summed E-state index contributed by atoms with van der Waals surface area (Å²) in [6, 6.07) is 14.4. The van der Waals surface area contributed by atoms with Gasteiger partial charge in [-0.05, 0) is 35.6 Å². The Balaban J connectivity index is 1.69. The number of methoxy groups -OCH3 is 1. The number of rotatable bonds is 10. The summed E-state index contributed by atoms with van der Waals surface area (Å²) in [7, 11) is 1.13. The first-order valence-electron chi connectivity index (χ1n) is 11.4. The van der Waals surface area contributed by atoms with Crippen LogP contribution in [-0.4, -0.2) is 54.3 Å². The van der Waals surface area contributed by atoms with Gasteiger partial charge >= 0.3 is 18.0 Å². The summed E-state index contributed by atoms with van der Waals surface area (Å²) in [5.41, 5.74) is 2.86. The van der Waals surface area contributed by atoms with Gasteiger partial charge in [0.15, 0.2) is 0 Å². The highest BCUT2D eigenvalue weighted by atomic mass is 16.5. The molecule has 2 aromatic rings. The number of carboxylic acid groups (broad SMARTS) is 1. The fourth-order valence-electron chi connectivity index (χ4n) is 4.36. The van der Waals surface area contributed by atoms with Crippen molar-refractivity contribution in [2.75, 3.05) is 13.7 Å². The van der Waals surface area contributed by atoms with E-state index in [9.17, 15) is 24.3 Å². The number of amides is 2. The van der Waals surface area contributed by atoms with Gasteiger partial charge in [-0.15, -0.1) is 0 Å². The number of ether oxygens (including phenoxy) is 2. The topological polar surface area (TPSA) is 131 Å². The van der Waals surface area contributed by atoms with Gasteiger partial charge in [0.25, 0.3) is 0 Å². The number of benzene rings is 2. The molecule has 186 valence electrons. The van der Waals surface area contributed by atoms with Gasteiger partial charge in [0.1, 0.15) is 18.2 Å². The van der Waals surface area contributed by atoms with Gasteiger partial charge in [-0.2, -0.15) is 0 Å². The van der Waals surface area contributed by atoms with Gasteiger partial charge in [-0.1, -0.05) is 61.9 Å². The van der Waals surface area contributed by atoms with Crippen LogP contribution in [0.5, 0.6) is 0 Å². The van der Waals surface area contributed by atoms with E-state index in [1.54, 1.807) is 0 Å². The second-order valence-electron chi connectivity index (χ2n) is 8.68. The monoisotopic (exact) mass is 482 g/mol. The minimum absolute atomic E-state index is 0.0732. The number of hydrogen-bond acceptors (Lipinski definition) is 6. The minimum Gasteiger partial charge on any atom is -0.480 e. The van der Waals surface area contributed by atoms with Crippen molar-refractivity contribution in [3.63, 3.8) is 0 Å². The van der Waals surface area contributed by atoms with Gasteiger partial charge in [0.2, 0.25) is 5.91 Å². The summed E-state index contributed by atoms with van der Waals surface area (Å²) in [5.74, 6) is -3.04. The number of carbonyl (C=O) groups excluding carboxylic acids is 3. The first-order chi connectivity index (χ1) is 16.7. The highest BCUT2D eigenvalue weighted by Crippen LogP contribution is 2.44. The van der Waals surface area contributed by atoms with Crippen molar-refractivity contribution >= 4 is 23.9 Å². The lowest BCUT2D eigenvalue weighted by Gasteiger charge is -2.30. The van der Waals surface area contributed by atoms with Crippen LogP contribution in [0, 0.1) is 0 Å². The molecule has 0 heterocycles. The molecule has 1 aliphatic rings. The molecule has 9 heteroatoms. The van der Waals surface area contributed by atoms with Crippen LogP contribution in [0.4, 0.5) is 4.79 Å². The van der Waals surface area contributed by atoms with Crippen LogP contribution < -0.4 is 10.6 Å². The molecule has 2 atom stereocenters. The summed E-state index contributed by atoms with van der Waals surface area (Å²) in [5, 5.41) is 14.3. The third-order valence-corrected chi connectivity index (χ3v) is 6.17. The van der Waals surface area contributed by atoms with Crippen molar-refractivity contribution in [1.29, 1.82) is 0 Å². The molecular weight excluding hydrogens is 452 g/mol. The molecule has 0 saturated carbocycles. The lowest BCUT2D eigenvalue weighted by molar-refractivity contribution is -0.149. The van der Waals surface area contributed by atoms with Crippen LogP contribution in [0.15, 0.2) is 48.5 Å². The van der Waals surface area contributed by atoms with Crippen molar-refractivity contribution < 1.29 is 33.8 Å². The number of carboxylic acids is 1. The molecule has 1 unspecified atom stereocenters. The Morgan fingerprint density at radius 3 is 2.11 bits per heavy atom.